The molecule has 150 valence electrons. The molecule has 0 unspecified atom stereocenters. The number of aromatic nitrogens is 2. The monoisotopic (exact) mass is 415 g/mol. The zero-order valence-corrected chi connectivity index (χ0v) is 14.0. The predicted octanol–water partition coefficient (Wildman–Crippen LogP) is 4.97. The zero-order chi connectivity index (χ0) is 21.3. The van der Waals surface area contributed by atoms with Crippen LogP contribution in [0.1, 0.15) is 16.1 Å². The normalized spacial score (nSPS) is 11.4. The minimum absolute atomic E-state index is 0.0555. The van der Waals surface area contributed by atoms with Gasteiger partial charge in [-0.05, 0) is 24.3 Å². The molecular weight excluding hydrogens is 407 g/mol. The molecular formula is C18H8F7N3O. The van der Waals surface area contributed by atoms with E-state index in [1.165, 1.54) is 0 Å². The summed E-state index contributed by atoms with van der Waals surface area (Å²) < 4.78 is 93.3. The molecule has 3 rings (SSSR count). The lowest BCUT2D eigenvalue weighted by Gasteiger charge is -2.15. The van der Waals surface area contributed by atoms with E-state index < -0.39 is 52.3 Å². The molecule has 0 aliphatic heterocycles. The van der Waals surface area contributed by atoms with Crippen molar-refractivity contribution < 1.29 is 35.5 Å². The summed E-state index contributed by atoms with van der Waals surface area (Å²) >= 11 is 0. The van der Waals surface area contributed by atoms with Crippen LogP contribution in [-0.2, 0) is 6.18 Å². The maximum atomic E-state index is 13.7. The van der Waals surface area contributed by atoms with Gasteiger partial charge in [0.1, 0.15) is 11.6 Å². The average molecular weight is 415 g/mol. The molecule has 0 aliphatic rings. The third kappa shape index (κ3) is 4.33. The van der Waals surface area contributed by atoms with E-state index in [1.807, 2.05) is 0 Å². The van der Waals surface area contributed by atoms with Gasteiger partial charge in [0.25, 0.3) is 5.91 Å². The molecule has 0 saturated heterocycles. The molecule has 0 bridgehead atoms. The maximum absolute atomic E-state index is 13.7. The lowest BCUT2D eigenvalue weighted by molar-refractivity contribution is -0.140. The van der Waals surface area contributed by atoms with Gasteiger partial charge >= 0.3 is 6.18 Å². The van der Waals surface area contributed by atoms with Crippen LogP contribution in [0.2, 0.25) is 0 Å². The summed E-state index contributed by atoms with van der Waals surface area (Å²) in [5, 5.41) is 1.77. The van der Waals surface area contributed by atoms with Crippen molar-refractivity contribution in [1.29, 1.82) is 0 Å². The molecule has 11 heteroatoms. The van der Waals surface area contributed by atoms with E-state index in [-0.39, 0.29) is 23.4 Å². The van der Waals surface area contributed by atoms with Crippen LogP contribution in [0.25, 0.3) is 11.3 Å². The second kappa shape index (κ2) is 7.49. The van der Waals surface area contributed by atoms with E-state index in [4.69, 9.17) is 0 Å². The highest BCUT2D eigenvalue weighted by molar-refractivity contribution is 6.04. The Balaban J connectivity index is 2.01. The van der Waals surface area contributed by atoms with E-state index in [0.717, 1.165) is 30.6 Å². The number of pyridine rings is 2. The van der Waals surface area contributed by atoms with E-state index in [1.54, 1.807) is 5.32 Å². The number of anilines is 1. The molecule has 3 aromatic rings. The molecule has 4 nitrogen and oxygen atoms in total. The molecule has 0 atom stereocenters. The minimum atomic E-state index is -5.05. The van der Waals surface area contributed by atoms with Crippen molar-refractivity contribution in [2.45, 2.75) is 6.18 Å². The summed E-state index contributed by atoms with van der Waals surface area (Å²) in [7, 11) is 0. The summed E-state index contributed by atoms with van der Waals surface area (Å²) in [5.74, 6) is -6.84. The molecule has 29 heavy (non-hydrogen) atoms. The largest absolute Gasteiger partial charge is 0.435 e. The first-order valence-electron chi connectivity index (χ1n) is 7.71. The summed E-state index contributed by atoms with van der Waals surface area (Å²) in [6.07, 6.45) is -3.12. The number of hydrogen-bond acceptors (Lipinski definition) is 3. The average Bonchev–Trinajstić information content (AvgIpc) is 2.64. The van der Waals surface area contributed by atoms with Crippen LogP contribution < -0.4 is 5.32 Å². The van der Waals surface area contributed by atoms with Crippen LogP contribution in [-0.4, -0.2) is 15.9 Å². The minimum Gasteiger partial charge on any atom is -0.320 e. The quantitative estimate of drug-likeness (QED) is 0.486. The lowest BCUT2D eigenvalue weighted by atomic mass is 10.1. The third-order valence-corrected chi connectivity index (χ3v) is 3.67. The molecule has 0 spiro atoms. The van der Waals surface area contributed by atoms with Gasteiger partial charge in [0.05, 0.1) is 23.1 Å². The van der Waals surface area contributed by atoms with Crippen LogP contribution in [0.4, 0.5) is 36.4 Å². The van der Waals surface area contributed by atoms with Gasteiger partial charge in [-0.1, -0.05) is 0 Å². The summed E-state index contributed by atoms with van der Waals surface area (Å²) in [6.45, 7) is 0. The fraction of sp³-hybridized carbons (Fsp3) is 0.0556. The van der Waals surface area contributed by atoms with E-state index in [0.29, 0.717) is 0 Å². The Morgan fingerprint density at radius 1 is 0.897 bits per heavy atom. The highest BCUT2D eigenvalue weighted by Crippen LogP contribution is 2.35. The molecule has 2 aromatic heterocycles. The highest BCUT2D eigenvalue weighted by Gasteiger charge is 2.36. The number of carbonyl (C=O) groups is 1. The number of hydrogen-bond donors (Lipinski definition) is 1. The summed E-state index contributed by atoms with van der Waals surface area (Å²) in [5.41, 5.74) is -3.77. The van der Waals surface area contributed by atoms with Crippen LogP contribution in [0, 0.1) is 23.3 Å². The fourth-order valence-electron chi connectivity index (χ4n) is 2.38. The van der Waals surface area contributed by atoms with E-state index >= 15 is 0 Å². The second-order valence-corrected chi connectivity index (χ2v) is 5.68. The van der Waals surface area contributed by atoms with Crippen molar-refractivity contribution in [2.75, 3.05) is 5.32 Å². The SMILES string of the molecule is O=C(Nc1ccc(-c2cncc(F)c2)nc1C(F)(F)F)c1cc(F)c(F)cc1F. The Bertz CT molecular complexity index is 1100. The first kappa shape index (κ1) is 20.2. The van der Waals surface area contributed by atoms with Crippen LogP contribution in [0.5, 0.6) is 0 Å². The van der Waals surface area contributed by atoms with E-state index in [9.17, 15) is 35.5 Å². The maximum Gasteiger partial charge on any atom is 0.435 e. The molecule has 0 aliphatic carbocycles. The van der Waals surface area contributed by atoms with Crippen molar-refractivity contribution in [2.24, 2.45) is 0 Å². The molecule has 1 N–H and O–H groups in total. The van der Waals surface area contributed by atoms with Gasteiger partial charge in [0, 0.05) is 17.8 Å². The molecule has 0 saturated carbocycles. The number of amides is 1. The van der Waals surface area contributed by atoms with Crippen LogP contribution in [0.3, 0.4) is 0 Å². The van der Waals surface area contributed by atoms with Gasteiger partial charge in [-0.2, -0.15) is 13.2 Å². The fourth-order valence-corrected chi connectivity index (χ4v) is 2.38. The first-order chi connectivity index (χ1) is 13.6. The number of rotatable bonds is 3. The van der Waals surface area contributed by atoms with Crippen LogP contribution >= 0.6 is 0 Å². The Hall–Kier alpha value is -3.50. The Labute approximate surface area is 158 Å². The van der Waals surface area contributed by atoms with Crippen molar-refractivity contribution in [3.63, 3.8) is 0 Å². The molecule has 0 radical (unpaired) electrons. The Morgan fingerprint density at radius 2 is 1.59 bits per heavy atom. The third-order valence-electron chi connectivity index (χ3n) is 3.67. The van der Waals surface area contributed by atoms with Gasteiger partial charge in [0.2, 0.25) is 0 Å². The van der Waals surface area contributed by atoms with Crippen molar-refractivity contribution in [3.8, 4) is 11.3 Å². The molecule has 2 heterocycles. The van der Waals surface area contributed by atoms with E-state index in [2.05, 4.69) is 9.97 Å². The number of nitrogens with zero attached hydrogens (tertiary/aromatic N) is 2. The first-order valence-corrected chi connectivity index (χ1v) is 7.71. The van der Waals surface area contributed by atoms with Crippen molar-refractivity contribution in [1.82, 2.24) is 9.97 Å². The summed E-state index contributed by atoms with van der Waals surface area (Å²) in [6, 6.07) is 3.07. The Morgan fingerprint density at radius 3 is 2.24 bits per heavy atom. The van der Waals surface area contributed by atoms with Gasteiger partial charge in [-0.15, -0.1) is 0 Å². The zero-order valence-electron chi connectivity index (χ0n) is 14.0. The number of halogens is 7. The topological polar surface area (TPSA) is 54.9 Å². The van der Waals surface area contributed by atoms with Crippen molar-refractivity contribution in [3.05, 3.63) is 77.3 Å². The van der Waals surface area contributed by atoms with Gasteiger partial charge in [-0.3, -0.25) is 9.78 Å². The number of carbonyl (C=O) groups excluding carboxylic acids is 1. The van der Waals surface area contributed by atoms with Gasteiger partial charge in [0.15, 0.2) is 17.3 Å². The Kier molecular flexibility index (Phi) is 5.23. The highest BCUT2D eigenvalue weighted by atomic mass is 19.4. The van der Waals surface area contributed by atoms with Gasteiger partial charge < -0.3 is 5.32 Å². The lowest BCUT2D eigenvalue weighted by Crippen LogP contribution is -2.19. The number of nitrogens with one attached hydrogen (secondary N) is 1. The number of alkyl halides is 3. The van der Waals surface area contributed by atoms with Gasteiger partial charge in [-0.25, -0.2) is 22.5 Å². The van der Waals surface area contributed by atoms with Crippen molar-refractivity contribution >= 4 is 11.6 Å². The standard InChI is InChI=1S/C18H8F7N3O/c19-9-3-8(6-26-7-9)14-1-2-15(16(27-14)18(23,24)25)28-17(29)10-4-12(21)13(22)5-11(10)20/h1-7H,(H,28,29). The number of benzene rings is 1. The second-order valence-electron chi connectivity index (χ2n) is 5.68. The molecule has 1 aromatic carbocycles. The molecule has 0 fully saturated rings. The smallest absolute Gasteiger partial charge is 0.320 e. The summed E-state index contributed by atoms with van der Waals surface area (Å²) in [4.78, 5) is 19.0. The van der Waals surface area contributed by atoms with Crippen LogP contribution in [0.15, 0.2) is 42.7 Å². The predicted molar refractivity (Wildman–Crippen MR) is 86.7 cm³/mol. The molecule has 1 amide bonds.